The molecule has 2 heterocycles. The molecule has 118 valence electrons. The molecule has 6 saturated carbocycles. The van der Waals surface area contributed by atoms with Gasteiger partial charge in [-0.3, -0.25) is 4.79 Å². The van der Waals surface area contributed by atoms with E-state index in [2.05, 4.69) is 15.9 Å². The van der Waals surface area contributed by atoms with E-state index in [1.165, 1.54) is 0 Å². The molecule has 2 spiro atoms. The zero-order chi connectivity index (χ0) is 14.7. The third-order valence-electron chi connectivity index (χ3n) is 8.12. The fourth-order valence-corrected chi connectivity index (χ4v) is 9.90. The van der Waals surface area contributed by atoms with E-state index in [4.69, 9.17) is 18.9 Å². The molecule has 4 bridgehead atoms. The Morgan fingerprint density at radius 3 is 1.86 bits per heavy atom. The molecule has 0 aromatic heterocycles. The summed E-state index contributed by atoms with van der Waals surface area (Å²) in [4.78, 5) is 12.4. The quantitative estimate of drug-likeness (QED) is 0.675. The van der Waals surface area contributed by atoms with Crippen LogP contribution in [0.5, 0.6) is 0 Å². The van der Waals surface area contributed by atoms with Crippen LogP contribution in [0.2, 0.25) is 0 Å². The van der Waals surface area contributed by atoms with Gasteiger partial charge in [0.25, 0.3) is 0 Å². The average Bonchev–Trinajstić information content (AvgIpc) is 3.23. The molecule has 0 aromatic rings. The van der Waals surface area contributed by atoms with Crippen LogP contribution in [0.1, 0.15) is 0 Å². The van der Waals surface area contributed by atoms with Gasteiger partial charge in [-0.2, -0.15) is 0 Å². The number of halogens is 1. The highest BCUT2D eigenvalue weighted by Gasteiger charge is 3.10. The Morgan fingerprint density at radius 1 is 0.818 bits per heavy atom. The third-order valence-corrected chi connectivity index (χ3v) is 9.73. The van der Waals surface area contributed by atoms with E-state index in [0.29, 0.717) is 32.3 Å². The van der Waals surface area contributed by atoms with Gasteiger partial charge in [0.05, 0.1) is 30.8 Å². The predicted molar refractivity (Wildman–Crippen MR) is 71.9 cm³/mol. The minimum atomic E-state index is -0.950. The summed E-state index contributed by atoms with van der Waals surface area (Å²) in [5.41, 5.74) is -0.885. The van der Waals surface area contributed by atoms with Gasteiger partial charge in [-0.15, -0.1) is 0 Å². The lowest BCUT2D eigenvalue weighted by Crippen LogP contribution is -2.77. The van der Waals surface area contributed by atoms with Crippen molar-refractivity contribution in [2.24, 2.45) is 40.9 Å². The Morgan fingerprint density at radius 2 is 1.27 bits per heavy atom. The average molecular weight is 371 g/mol. The smallest absolute Gasteiger partial charge is 0.315 e. The molecule has 8 fully saturated rings. The van der Waals surface area contributed by atoms with Crippen LogP contribution in [0.15, 0.2) is 0 Å². The predicted octanol–water partition coefficient (Wildman–Crippen LogP) is 0.442. The molecular formula is C15H15BrO6. The molecule has 2 saturated heterocycles. The molecule has 6 nitrogen and oxygen atoms in total. The molecule has 6 aliphatic carbocycles. The molecule has 0 radical (unpaired) electrons. The van der Waals surface area contributed by atoms with Crippen molar-refractivity contribution in [1.29, 1.82) is 0 Å². The number of carbonyl (C=O) groups is 1. The van der Waals surface area contributed by atoms with E-state index in [1.54, 1.807) is 0 Å². The van der Waals surface area contributed by atoms with E-state index in [-0.39, 0.29) is 33.9 Å². The summed E-state index contributed by atoms with van der Waals surface area (Å²) in [6.07, 6.45) is 0. The molecule has 2 aliphatic heterocycles. The van der Waals surface area contributed by atoms with Crippen molar-refractivity contribution in [3.8, 4) is 0 Å². The number of aliphatic carboxylic acids is 1. The minimum Gasteiger partial charge on any atom is -0.481 e. The zero-order valence-electron chi connectivity index (χ0n) is 11.7. The van der Waals surface area contributed by atoms with Gasteiger partial charge in [0, 0.05) is 11.8 Å². The Bertz CT molecular complexity index is 654. The van der Waals surface area contributed by atoms with Crippen molar-refractivity contribution < 1.29 is 28.8 Å². The Kier molecular flexibility index (Phi) is 1.62. The lowest BCUT2D eigenvalue weighted by atomic mass is 9.35. The van der Waals surface area contributed by atoms with Gasteiger partial charge < -0.3 is 24.1 Å². The van der Waals surface area contributed by atoms with Gasteiger partial charge in [0.1, 0.15) is 5.41 Å². The number of hydrogen-bond acceptors (Lipinski definition) is 5. The van der Waals surface area contributed by atoms with Gasteiger partial charge in [-0.05, 0) is 23.7 Å². The summed E-state index contributed by atoms with van der Waals surface area (Å²) < 4.78 is 24.2. The first kappa shape index (κ1) is 12.2. The van der Waals surface area contributed by atoms with Crippen molar-refractivity contribution in [2.45, 2.75) is 15.9 Å². The highest BCUT2D eigenvalue weighted by atomic mass is 79.9. The molecular weight excluding hydrogens is 356 g/mol. The minimum absolute atomic E-state index is 0.0422. The van der Waals surface area contributed by atoms with Crippen LogP contribution in [0, 0.1) is 40.9 Å². The Hall–Kier alpha value is -0.210. The lowest BCUT2D eigenvalue weighted by Gasteiger charge is -2.70. The molecule has 1 N–H and O–H groups in total. The fraction of sp³-hybridized carbons (Fsp3) is 0.933. The Labute approximate surface area is 134 Å². The van der Waals surface area contributed by atoms with Crippen LogP contribution in [0.25, 0.3) is 0 Å². The maximum absolute atomic E-state index is 12.4. The highest BCUT2D eigenvalue weighted by molar-refractivity contribution is 9.10. The Balaban J connectivity index is 1.54. The molecule has 0 aromatic carbocycles. The summed E-state index contributed by atoms with van der Waals surface area (Å²) in [5, 5.41) is 10.1. The van der Waals surface area contributed by atoms with Crippen LogP contribution >= 0.6 is 15.9 Å². The van der Waals surface area contributed by atoms with E-state index in [0.717, 1.165) is 0 Å². The van der Waals surface area contributed by atoms with Crippen LogP contribution < -0.4 is 0 Å². The summed E-state index contributed by atoms with van der Waals surface area (Å²) >= 11 is 3.97. The number of hydrogen-bond donors (Lipinski definition) is 1. The summed E-state index contributed by atoms with van der Waals surface area (Å²) in [5.74, 6) is -1.49. The monoisotopic (exact) mass is 370 g/mol. The standard InChI is InChI=1S/C15H15BrO6/c16-13-7-5-8(13)10-9(15(13)21-3-4-22-15)6(7)12(5,11(17)18)14(10)19-1-2-20-14/h5-10H,1-4H2,(H,17,18)/t5-,6-,7-,8-,9+,10+,12-,13-/m1/s1. The fourth-order valence-electron chi connectivity index (χ4n) is 8.27. The first-order valence-corrected chi connectivity index (χ1v) is 8.86. The van der Waals surface area contributed by atoms with Crippen molar-refractivity contribution >= 4 is 21.9 Å². The zero-order valence-corrected chi connectivity index (χ0v) is 13.2. The number of rotatable bonds is 1. The second-order valence-electron chi connectivity index (χ2n) is 7.83. The van der Waals surface area contributed by atoms with Crippen LogP contribution in [-0.4, -0.2) is 53.4 Å². The maximum atomic E-state index is 12.4. The van der Waals surface area contributed by atoms with Crippen molar-refractivity contribution in [2.75, 3.05) is 26.4 Å². The topological polar surface area (TPSA) is 74.2 Å². The second kappa shape index (κ2) is 2.92. The summed E-state index contributed by atoms with van der Waals surface area (Å²) in [7, 11) is 0. The molecule has 7 heteroatoms. The van der Waals surface area contributed by atoms with Crippen LogP contribution in [0.4, 0.5) is 0 Å². The number of alkyl halides is 1. The van der Waals surface area contributed by atoms with E-state index >= 15 is 0 Å². The van der Waals surface area contributed by atoms with E-state index < -0.39 is 23.0 Å². The summed E-state index contributed by atoms with van der Waals surface area (Å²) in [6.45, 7) is 2.14. The van der Waals surface area contributed by atoms with E-state index in [9.17, 15) is 9.90 Å². The van der Waals surface area contributed by atoms with Crippen molar-refractivity contribution in [3.63, 3.8) is 0 Å². The van der Waals surface area contributed by atoms with Crippen LogP contribution in [-0.2, 0) is 23.7 Å². The molecule has 8 rings (SSSR count). The van der Waals surface area contributed by atoms with Gasteiger partial charge in [0.2, 0.25) is 0 Å². The number of carboxylic acids is 1. The molecule has 22 heavy (non-hydrogen) atoms. The normalized spacial score (nSPS) is 65.5. The number of carboxylic acid groups (broad SMARTS) is 1. The van der Waals surface area contributed by atoms with E-state index in [1.807, 2.05) is 0 Å². The lowest BCUT2D eigenvalue weighted by molar-refractivity contribution is -0.291. The van der Waals surface area contributed by atoms with Crippen LogP contribution in [0.3, 0.4) is 0 Å². The first-order valence-electron chi connectivity index (χ1n) is 8.07. The first-order chi connectivity index (χ1) is 10.6. The van der Waals surface area contributed by atoms with Gasteiger partial charge in [-0.1, -0.05) is 15.9 Å². The molecule has 8 atom stereocenters. The van der Waals surface area contributed by atoms with Crippen molar-refractivity contribution in [3.05, 3.63) is 0 Å². The number of ether oxygens (including phenoxy) is 4. The van der Waals surface area contributed by atoms with Gasteiger partial charge in [-0.25, -0.2) is 0 Å². The van der Waals surface area contributed by atoms with Gasteiger partial charge in [0.15, 0.2) is 11.6 Å². The highest BCUT2D eigenvalue weighted by Crippen LogP contribution is 3.01. The van der Waals surface area contributed by atoms with Gasteiger partial charge >= 0.3 is 5.97 Å². The second-order valence-corrected chi connectivity index (χ2v) is 9.14. The third kappa shape index (κ3) is 0.674. The molecule has 0 amide bonds. The SMILES string of the molecule is O=C(O)[C@@]12[C@@H]3[C@@H]4[C@@H]1[C@H]1[C@H]([C@@H]3[C@@]4(Br)C13OCCO3)C21OCCO1. The molecule has 0 unspecified atom stereocenters. The maximum Gasteiger partial charge on any atom is 0.315 e. The largest absolute Gasteiger partial charge is 0.481 e. The molecule has 8 aliphatic rings. The van der Waals surface area contributed by atoms with Crippen molar-refractivity contribution in [1.82, 2.24) is 0 Å². The summed E-state index contributed by atoms with van der Waals surface area (Å²) in [6, 6.07) is 0.